The van der Waals surface area contributed by atoms with Crippen molar-refractivity contribution in [1.29, 1.82) is 0 Å². The number of fused-ring (bicyclic) bond motifs is 1. The van der Waals surface area contributed by atoms with Crippen molar-refractivity contribution in [3.8, 4) is 0 Å². The lowest BCUT2D eigenvalue weighted by Gasteiger charge is -2.22. The van der Waals surface area contributed by atoms with E-state index in [1.807, 2.05) is 0 Å². The van der Waals surface area contributed by atoms with Gasteiger partial charge in [0.2, 0.25) is 0 Å². The fourth-order valence-electron chi connectivity index (χ4n) is 2.88. The van der Waals surface area contributed by atoms with E-state index in [0.29, 0.717) is 6.42 Å². The zero-order chi connectivity index (χ0) is 19.6. The third kappa shape index (κ3) is 3.98. The highest BCUT2D eigenvalue weighted by Gasteiger charge is 2.46. The van der Waals surface area contributed by atoms with E-state index in [0.717, 1.165) is 5.56 Å². The molecule has 0 unspecified atom stereocenters. The summed E-state index contributed by atoms with van der Waals surface area (Å²) in [6.45, 7) is -0.613. The molecule has 0 atom stereocenters. The molecule has 0 saturated carbocycles. The Morgan fingerprint density at radius 3 is 2.04 bits per heavy atom. The molecular formula is C20H14F4O3. The summed E-state index contributed by atoms with van der Waals surface area (Å²) in [6, 6.07) is 11.0. The quantitative estimate of drug-likeness (QED) is 0.575. The van der Waals surface area contributed by atoms with E-state index in [1.165, 1.54) is 48.5 Å². The number of ether oxygens (including phenoxy) is 1. The number of allylic oxidation sites excluding steroid dienone is 1. The molecule has 27 heavy (non-hydrogen) atoms. The summed E-state index contributed by atoms with van der Waals surface area (Å²) in [7, 11) is 0. The molecule has 0 fully saturated rings. The zero-order valence-electron chi connectivity index (χ0n) is 14.0. The second-order valence-corrected chi connectivity index (χ2v) is 5.98. The monoisotopic (exact) mass is 378 g/mol. The van der Waals surface area contributed by atoms with Crippen LogP contribution in [0.3, 0.4) is 0 Å². The first-order valence-corrected chi connectivity index (χ1v) is 8.10. The van der Waals surface area contributed by atoms with Gasteiger partial charge in [0.05, 0.1) is 13.2 Å². The summed E-state index contributed by atoms with van der Waals surface area (Å²) in [5, 5.41) is 0. The van der Waals surface area contributed by atoms with E-state index in [9.17, 15) is 27.2 Å². The van der Waals surface area contributed by atoms with Gasteiger partial charge in [-0.15, -0.1) is 0 Å². The first kappa shape index (κ1) is 19.0. The number of rotatable bonds is 5. The largest absolute Gasteiger partial charge is 0.420 e. The predicted octanol–water partition coefficient (Wildman–Crippen LogP) is 4.32. The van der Waals surface area contributed by atoms with Crippen LogP contribution in [0.15, 0.2) is 59.7 Å². The van der Waals surface area contributed by atoms with E-state index in [4.69, 9.17) is 4.74 Å². The van der Waals surface area contributed by atoms with Gasteiger partial charge in [0, 0.05) is 16.7 Å². The maximum atomic E-state index is 13.4. The molecule has 0 N–H and O–H groups in total. The highest BCUT2D eigenvalue weighted by Crippen LogP contribution is 2.36. The average Bonchev–Trinajstić information content (AvgIpc) is 2.63. The van der Waals surface area contributed by atoms with Crippen molar-refractivity contribution in [1.82, 2.24) is 0 Å². The van der Waals surface area contributed by atoms with Crippen LogP contribution in [-0.4, -0.2) is 31.0 Å². The SMILES string of the molecule is O=C1C(COCCc2ccc(F)cc2)=C(C(F)(F)F)C(=O)c2ccccc21. The van der Waals surface area contributed by atoms with Crippen molar-refractivity contribution in [2.24, 2.45) is 0 Å². The Morgan fingerprint density at radius 1 is 0.852 bits per heavy atom. The molecule has 2 aromatic rings. The lowest BCUT2D eigenvalue weighted by atomic mass is 9.84. The van der Waals surface area contributed by atoms with Crippen molar-refractivity contribution in [3.63, 3.8) is 0 Å². The Balaban J connectivity index is 1.79. The van der Waals surface area contributed by atoms with Crippen molar-refractivity contribution in [2.45, 2.75) is 12.6 Å². The molecule has 2 aromatic carbocycles. The van der Waals surface area contributed by atoms with Gasteiger partial charge in [0.25, 0.3) is 0 Å². The normalized spacial score (nSPS) is 14.5. The average molecular weight is 378 g/mol. The number of alkyl halides is 3. The fraction of sp³-hybridized carbons (Fsp3) is 0.200. The molecule has 1 aliphatic carbocycles. The van der Waals surface area contributed by atoms with Crippen LogP contribution in [0, 0.1) is 5.82 Å². The summed E-state index contributed by atoms with van der Waals surface area (Å²) >= 11 is 0. The fourth-order valence-corrected chi connectivity index (χ4v) is 2.88. The minimum absolute atomic E-state index is 0.0172. The molecule has 0 amide bonds. The number of ketones is 2. The minimum atomic E-state index is -4.96. The molecule has 1 aliphatic rings. The molecule has 3 nitrogen and oxygen atoms in total. The van der Waals surface area contributed by atoms with Crippen molar-refractivity contribution >= 4 is 11.6 Å². The summed E-state index contributed by atoms with van der Waals surface area (Å²) in [4.78, 5) is 24.8. The second-order valence-electron chi connectivity index (χ2n) is 5.98. The van der Waals surface area contributed by atoms with Crippen molar-refractivity contribution < 1.29 is 31.9 Å². The smallest absolute Gasteiger partial charge is 0.376 e. The van der Waals surface area contributed by atoms with E-state index in [1.54, 1.807) is 0 Å². The van der Waals surface area contributed by atoms with Crippen LogP contribution in [0.25, 0.3) is 0 Å². The third-order valence-electron chi connectivity index (χ3n) is 4.20. The third-order valence-corrected chi connectivity index (χ3v) is 4.20. The number of Topliss-reactive ketones (excluding diaryl/α,β-unsaturated/α-hetero) is 2. The number of hydrogen-bond acceptors (Lipinski definition) is 3. The Bertz CT molecular complexity index is 912. The van der Waals surface area contributed by atoms with Gasteiger partial charge >= 0.3 is 6.18 Å². The summed E-state index contributed by atoms with van der Waals surface area (Å²) in [6.07, 6.45) is -4.64. The minimum Gasteiger partial charge on any atom is -0.376 e. The van der Waals surface area contributed by atoms with E-state index in [-0.39, 0.29) is 17.7 Å². The molecule has 0 aromatic heterocycles. The lowest BCUT2D eigenvalue weighted by molar-refractivity contribution is -0.0901. The van der Waals surface area contributed by atoms with Crippen LogP contribution in [0.2, 0.25) is 0 Å². The van der Waals surface area contributed by atoms with Gasteiger partial charge < -0.3 is 4.74 Å². The van der Waals surface area contributed by atoms with Crippen LogP contribution in [-0.2, 0) is 11.2 Å². The van der Waals surface area contributed by atoms with Crippen LogP contribution < -0.4 is 0 Å². The molecule has 0 radical (unpaired) electrons. The number of benzene rings is 2. The molecule has 3 rings (SSSR count). The Hall–Kier alpha value is -2.80. The number of hydrogen-bond donors (Lipinski definition) is 0. The molecule has 0 spiro atoms. The van der Waals surface area contributed by atoms with Gasteiger partial charge in [-0.25, -0.2) is 4.39 Å². The van der Waals surface area contributed by atoms with Gasteiger partial charge in [-0.3, -0.25) is 9.59 Å². The topological polar surface area (TPSA) is 43.4 Å². The van der Waals surface area contributed by atoms with Crippen LogP contribution in [0.5, 0.6) is 0 Å². The Labute approximate surface area is 152 Å². The maximum Gasteiger partial charge on any atom is 0.420 e. The van der Waals surface area contributed by atoms with Gasteiger partial charge in [-0.05, 0) is 24.1 Å². The molecule has 0 aliphatic heterocycles. The predicted molar refractivity (Wildman–Crippen MR) is 89.1 cm³/mol. The number of carbonyl (C=O) groups is 2. The van der Waals surface area contributed by atoms with E-state index in [2.05, 4.69) is 0 Å². The Kier molecular flexibility index (Phi) is 5.23. The molecule has 0 bridgehead atoms. The Morgan fingerprint density at radius 2 is 1.44 bits per heavy atom. The second kappa shape index (κ2) is 7.44. The molecule has 0 saturated heterocycles. The highest BCUT2D eigenvalue weighted by atomic mass is 19.4. The van der Waals surface area contributed by atoms with Crippen molar-refractivity contribution in [3.05, 3.63) is 82.2 Å². The van der Waals surface area contributed by atoms with E-state index >= 15 is 0 Å². The number of carbonyl (C=O) groups excluding carboxylic acids is 2. The zero-order valence-corrected chi connectivity index (χ0v) is 14.0. The summed E-state index contributed by atoms with van der Waals surface area (Å²) in [5.74, 6) is -2.49. The number of halogens is 4. The first-order valence-electron chi connectivity index (χ1n) is 8.10. The van der Waals surface area contributed by atoms with Crippen molar-refractivity contribution in [2.75, 3.05) is 13.2 Å². The van der Waals surface area contributed by atoms with Gasteiger partial charge in [0.1, 0.15) is 11.4 Å². The maximum absolute atomic E-state index is 13.4. The highest BCUT2D eigenvalue weighted by molar-refractivity contribution is 6.27. The van der Waals surface area contributed by atoms with E-state index < -0.39 is 41.3 Å². The molecular weight excluding hydrogens is 364 g/mol. The first-order chi connectivity index (χ1) is 12.8. The standard InChI is InChI=1S/C20H14F4O3/c21-13-7-5-12(6-8-13)9-10-27-11-16-17(20(22,23)24)19(26)15-4-2-1-3-14(15)18(16)25/h1-8H,9-11H2. The lowest BCUT2D eigenvalue weighted by Crippen LogP contribution is -2.32. The van der Waals surface area contributed by atoms with Crippen LogP contribution in [0.4, 0.5) is 17.6 Å². The van der Waals surface area contributed by atoms with Gasteiger partial charge in [-0.2, -0.15) is 13.2 Å². The summed E-state index contributed by atoms with van der Waals surface area (Å²) in [5.41, 5.74) is -1.76. The molecule has 140 valence electrons. The summed E-state index contributed by atoms with van der Waals surface area (Å²) < 4.78 is 58.3. The van der Waals surface area contributed by atoms with Gasteiger partial charge in [0.15, 0.2) is 11.6 Å². The van der Waals surface area contributed by atoms with Gasteiger partial charge in [-0.1, -0.05) is 36.4 Å². The molecule has 0 heterocycles. The molecule has 7 heteroatoms. The van der Waals surface area contributed by atoms with Crippen LogP contribution >= 0.6 is 0 Å². The van der Waals surface area contributed by atoms with Crippen LogP contribution in [0.1, 0.15) is 26.3 Å².